The van der Waals surface area contributed by atoms with Gasteiger partial charge in [-0.15, -0.1) is 0 Å². The first-order valence-electron chi connectivity index (χ1n) is 8.50. The average molecular weight is 250 g/mol. The average Bonchev–Trinajstić information content (AvgIpc) is 2.27. The molecule has 0 nitrogen and oxygen atoms in total. The van der Waals surface area contributed by atoms with E-state index >= 15 is 0 Å². The van der Waals surface area contributed by atoms with Crippen molar-refractivity contribution in [3.8, 4) is 0 Å². The molecule has 2 unspecified atom stereocenters. The van der Waals surface area contributed by atoms with Crippen LogP contribution in [0.15, 0.2) is 0 Å². The van der Waals surface area contributed by atoms with E-state index < -0.39 is 0 Å². The van der Waals surface area contributed by atoms with Gasteiger partial charge in [0.25, 0.3) is 0 Å². The molecule has 0 amide bonds. The van der Waals surface area contributed by atoms with Crippen molar-refractivity contribution in [2.45, 2.75) is 85.5 Å². The van der Waals surface area contributed by atoms with E-state index in [9.17, 15) is 0 Å². The van der Waals surface area contributed by atoms with E-state index in [1.807, 2.05) is 0 Å². The summed E-state index contributed by atoms with van der Waals surface area (Å²) in [4.78, 5) is 0. The summed E-state index contributed by atoms with van der Waals surface area (Å²) in [5, 5.41) is 0. The predicted molar refractivity (Wildman–Crippen MR) is 80.6 cm³/mol. The molecular weight excluding hydrogens is 216 g/mol. The van der Waals surface area contributed by atoms with Crippen LogP contribution in [0.5, 0.6) is 0 Å². The molecule has 0 N–H and O–H groups in total. The van der Waals surface area contributed by atoms with E-state index in [1.165, 1.54) is 44.9 Å². The van der Waals surface area contributed by atoms with Gasteiger partial charge in [0.2, 0.25) is 0 Å². The van der Waals surface area contributed by atoms with Crippen LogP contribution in [0.3, 0.4) is 0 Å². The molecule has 0 bridgehead atoms. The van der Waals surface area contributed by atoms with Crippen molar-refractivity contribution in [3.05, 3.63) is 0 Å². The van der Waals surface area contributed by atoms with Gasteiger partial charge in [-0.05, 0) is 67.6 Å². The van der Waals surface area contributed by atoms with Gasteiger partial charge in [0.15, 0.2) is 0 Å². The van der Waals surface area contributed by atoms with Crippen LogP contribution in [0.1, 0.15) is 85.5 Å². The molecule has 0 saturated heterocycles. The highest BCUT2D eigenvalue weighted by molar-refractivity contribution is 4.85. The van der Waals surface area contributed by atoms with E-state index in [2.05, 4.69) is 27.7 Å². The van der Waals surface area contributed by atoms with Gasteiger partial charge < -0.3 is 0 Å². The Bertz CT molecular complexity index is 247. The molecule has 18 heavy (non-hydrogen) atoms. The van der Waals surface area contributed by atoms with Gasteiger partial charge in [-0.2, -0.15) is 0 Å². The summed E-state index contributed by atoms with van der Waals surface area (Å²) in [6, 6.07) is 0. The fraction of sp³-hybridized carbons (Fsp3) is 1.00. The maximum absolute atomic E-state index is 2.51. The molecule has 2 rings (SSSR count). The Labute approximate surface area is 115 Å². The first kappa shape index (κ1) is 14.4. The van der Waals surface area contributed by atoms with Crippen LogP contribution in [-0.2, 0) is 0 Å². The number of hydrogen-bond acceptors (Lipinski definition) is 0. The van der Waals surface area contributed by atoms with E-state index in [0.29, 0.717) is 5.41 Å². The molecule has 0 radical (unpaired) electrons. The third-order valence-electron chi connectivity index (χ3n) is 5.87. The van der Waals surface area contributed by atoms with Gasteiger partial charge in [-0.25, -0.2) is 0 Å². The SMILES string of the molecule is CCCC1CC(CCC(C)(C)CC2CCC2C)C1. The molecule has 106 valence electrons. The van der Waals surface area contributed by atoms with Crippen LogP contribution < -0.4 is 0 Å². The first-order valence-corrected chi connectivity index (χ1v) is 8.50. The highest BCUT2D eigenvalue weighted by Gasteiger charge is 2.34. The zero-order valence-corrected chi connectivity index (χ0v) is 13.2. The Morgan fingerprint density at radius 2 is 1.67 bits per heavy atom. The number of rotatable bonds is 7. The minimum atomic E-state index is 0.606. The Morgan fingerprint density at radius 3 is 2.17 bits per heavy atom. The van der Waals surface area contributed by atoms with E-state index in [1.54, 1.807) is 12.8 Å². The molecule has 0 heterocycles. The predicted octanol–water partition coefficient (Wildman–Crippen LogP) is 6.06. The summed E-state index contributed by atoms with van der Waals surface area (Å²) in [5.41, 5.74) is 0.606. The second kappa shape index (κ2) is 5.97. The zero-order valence-electron chi connectivity index (χ0n) is 13.2. The lowest BCUT2D eigenvalue weighted by Crippen LogP contribution is -2.30. The van der Waals surface area contributed by atoms with Gasteiger partial charge in [-0.1, -0.05) is 47.0 Å². The largest absolute Gasteiger partial charge is 0.0654 e. The number of hydrogen-bond donors (Lipinski definition) is 0. The molecule has 2 atom stereocenters. The topological polar surface area (TPSA) is 0 Å². The minimum Gasteiger partial charge on any atom is -0.0654 e. The fourth-order valence-electron chi connectivity index (χ4n) is 4.20. The lowest BCUT2D eigenvalue weighted by Gasteiger charge is -2.41. The monoisotopic (exact) mass is 250 g/mol. The lowest BCUT2D eigenvalue weighted by atomic mass is 9.64. The molecule has 0 aromatic carbocycles. The lowest BCUT2D eigenvalue weighted by molar-refractivity contribution is 0.0976. The Hall–Kier alpha value is 0. The molecule has 2 saturated carbocycles. The summed E-state index contributed by atoms with van der Waals surface area (Å²) in [5.74, 6) is 4.24. The Morgan fingerprint density at radius 1 is 1.00 bits per heavy atom. The zero-order chi connectivity index (χ0) is 13.2. The van der Waals surface area contributed by atoms with Crippen LogP contribution >= 0.6 is 0 Å². The van der Waals surface area contributed by atoms with Crippen molar-refractivity contribution < 1.29 is 0 Å². The van der Waals surface area contributed by atoms with Gasteiger partial charge >= 0.3 is 0 Å². The molecular formula is C18H34. The third kappa shape index (κ3) is 3.75. The van der Waals surface area contributed by atoms with E-state index in [-0.39, 0.29) is 0 Å². The standard InChI is InChI=1S/C18H34/c1-5-6-15-11-16(12-15)9-10-18(3,4)13-17-8-7-14(17)2/h14-17H,5-13H2,1-4H3. The fourth-order valence-corrected chi connectivity index (χ4v) is 4.20. The van der Waals surface area contributed by atoms with Crippen molar-refractivity contribution in [1.82, 2.24) is 0 Å². The summed E-state index contributed by atoms with van der Waals surface area (Å²) in [6.07, 6.45) is 13.4. The minimum absolute atomic E-state index is 0.606. The summed E-state index contributed by atoms with van der Waals surface area (Å²) >= 11 is 0. The van der Waals surface area contributed by atoms with Crippen LogP contribution in [0.2, 0.25) is 0 Å². The van der Waals surface area contributed by atoms with E-state index in [4.69, 9.17) is 0 Å². The van der Waals surface area contributed by atoms with Crippen LogP contribution in [0.25, 0.3) is 0 Å². The molecule has 0 aromatic heterocycles. The molecule has 0 heteroatoms. The van der Waals surface area contributed by atoms with Crippen molar-refractivity contribution in [2.75, 3.05) is 0 Å². The van der Waals surface area contributed by atoms with Crippen molar-refractivity contribution in [3.63, 3.8) is 0 Å². The van der Waals surface area contributed by atoms with Crippen LogP contribution in [0.4, 0.5) is 0 Å². The second-order valence-electron chi connectivity index (χ2n) is 8.21. The molecule has 2 fully saturated rings. The third-order valence-corrected chi connectivity index (χ3v) is 5.87. The van der Waals surface area contributed by atoms with Crippen molar-refractivity contribution in [2.24, 2.45) is 29.1 Å². The van der Waals surface area contributed by atoms with Gasteiger partial charge in [0.05, 0.1) is 0 Å². The highest BCUT2D eigenvalue weighted by Crippen LogP contribution is 2.46. The van der Waals surface area contributed by atoms with E-state index in [0.717, 1.165) is 23.7 Å². The summed E-state index contributed by atoms with van der Waals surface area (Å²) < 4.78 is 0. The maximum atomic E-state index is 2.51. The van der Waals surface area contributed by atoms with Gasteiger partial charge in [0.1, 0.15) is 0 Å². The Balaban J connectivity index is 1.60. The molecule has 0 spiro atoms. The molecule has 2 aliphatic carbocycles. The summed E-state index contributed by atoms with van der Waals surface area (Å²) in [7, 11) is 0. The van der Waals surface area contributed by atoms with Crippen molar-refractivity contribution >= 4 is 0 Å². The first-order chi connectivity index (χ1) is 8.50. The van der Waals surface area contributed by atoms with Crippen LogP contribution in [-0.4, -0.2) is 0 Å². The normalized spacial score (nSPS) is 36.0. The maximum Gasteiger partial charge on any atom is -0.0351 e. The van der Waals surface area contributed by atoms with Crippen molar-refractivity contribution in [1.29, 1.82) is 0 Å². The van der Waals surface area contributed by atoms with Crippen LogP contribution in [0, 0.1) is 29.1 Å². The smallest absolute Gasteiger partial charge is 0.0351 e. The highest BCUT2D eigenvalue weighted by atomic mass is 14.4. The molecule has 0 aromatic rings. The second-order valence-corrected chi connectivity index (χ2v) is 8.21. The molecule has 0 aliphatic heterocycles. The molecule has 2 aliphatic rings. The summed E-state index contributed by atoms with van der Waals surface area (Å²) in [6.45, 7) is 9.81. The quantitative estimate of drug-likeness (QED) is 0.515. The van der Waals surface area contributed by atoms with Gasteiger partial charge in [0, 0.05) is 0 Å². The van der Waals surface area contributed by atoms with Gasteiger partial charge in [-0.3, -0.25) is 0 Å². The Kier molecular flexibility index (Phi) is 4.78.